The monoisotopic (exact) mass is 240 g/mol. The van der Waals surface area contributed by atoms with Crippen molar-refractivity contribution in [3.8, 4) is 0 Å². The van der Waals surface area contributed by atoms with Crippen molar-refractivity contribution < 1.29 is 14.3 Å². The fraction of sp³-hybridized carbons (Fsp3) is 0.667. The summed E-state index contributed by atoms with van der Waals surface area (Å²) in [5.74, 6) is -0.478. The Labute approximate surface area is 97.9 Å². The van der Waals surface area contributed by atoms with E-state index in [4.69, 9.17) is 4.74 Å². The Kier molecular flexibility index (Phi) is 4.07. The maximum Gasteiger partial charge on any atom is 0.341 e. The highest BCUT2D eigenvalue weighted by atomic mass is 28.3. The second-order valence-corrected chi connectivity index (χ2v) is 11.1. The van der Waals surface area contributed by atoms with Crippen LogP contribution in [0.15, 0.2) is 11.1 Å². The first-order valence-corrected chi connectivity index (χ1v) is 9.42. The minimum atomic E-state index is -1.18. The van der Waals surface area contributed by atoms with Crippen LogP contribution >= 0.6 is 0 Å². The summed E-state index contributed by atoms with van der Waals surface area (Å²) in [4.78, 5) is 23.1. The van der Waals surface area contributed by atoms with Crippen LogP contribution in [0.3, 0.4) is 0 Å². The summed E-state index contributed by atoms with van der Waals surface area (Å²) >= 11 is 0. The van der Waals surface area contributed by atoms with Crippen LogP contribution in [0.5, 0.6) is 0 Å². The average molecular weight is 240 g/mol. The highest BCUT2D eigenvalue weighted by Gasteiger charge is 2.27. The second-order valence-electron chi connectivity index (χ2n) is 5.53. The summed E-state index contributed by atoms with van der Waals surface area (Å²) < 4.78 is 5.16. The van der Waals surface area contributed by atoms with Crippen molar-refractivity contribution in [1.29, 1.82) is 0 Å². The zero-order valence-electron chi connectivity index (χ0n) is 10.6. The highest BCUT2D eigenvalue weighted by Crippen LogP contribution is 2.23. The van der Waals surface area contributed by atoms with Gasteiger partial charge in [-0.3, -0.25) is 4.79 Å². The third-order valence-corrected chi connectivity index (χ3v) is 4.43. The predicted octanol–water partition coefficient (Wildman–Crippen LogP) is 2.55. The van der Waals surface area contributed by atoms with Crippen molar-refractivity contribution in [3.05, 3.63) is 11.1 Å². The van der Waals surface area contributed by atoms with Crippen molar-refractivity contribution in [2.45, 2.75) is 45.5 Å². The molecular weight excluding hydrogens is 220 g/mol. The smallest absolute Gasteiger partial charge is 0.341 e. The van der Waals surface area contributed by atoms with E-state index >= 15 is 0 Å². The van der Waals surface area contributed by atoms with Gasteiger partial charge >= 0.3 is 5.97 Å². The number of ketones is 1. The third kappa shape index (κ3) is 3.59. The van der Waals surface area contributed by atoms with Gasteiger partial charge in [-0.15, -0.1) is 0 Å². The quantitative estimate of drug-likeness (QED) is 0.431. The number of carbonyl (C=O) groups is 2. The second kappa shape index (κ2) is 4.95. The normalized spacial score (nSPS) is 16.9. The van der Waals surface area contributed by atoms with Gasteiger partial charge in [0.1, 0.15) is 5.57 Å². The first kappa shape index (κ1) is 13.2. The van der Waals surface area contributed by atoms with E-state index in [0.29, 0.717) is 25.0 Å². The molecule has 0 heterocycles. The molecule has 0 fully saturated rings. The zero-order valence-corrected chi connectivity index (χ0v) is 11.6. The third-order valence-electron chi connectivity index (χ3n) is 2.72. The molecule has 0 atom stereocenters. The number of ether oxygens (including phenoxy) is 1. The Morgan fingerprint density at radius 1 is 1.31 bits per heavy atom. The molecule has 90 valence electrons. The summed E-state index contributed by atoms with van der Waals surface area (Å²) in [6.07, 6.45) is 1.17. The molecular formula is C12H20O3Si. The molecule has 0 saturated carbocycles. The SMILES string of the molecule is CC1=C(C(=O)OCC[Si](C)(C)C)C(=O)CC1. The van der Waals surface area contributed by atoms with Crippen molar-refractivity contribution >= 4 is 19.8 Å². The van der Waals surface area contributed by atoms with Gasteiger partial charge in [-0.2, -0.15) is 0 Å². The van der Waals surface area contributed by atoms with Crippen molar-refractivity contribution in [2.75, 3.05) is 6.61 Å². The number of allylic oxidation sites excluding steroid dienone is 1. The molecule has 0 spiro atoms. The molecule has 16 heavy (non-hydrogen) atoms. The average Bonchev–Trinajstić information content (AvgIpc) is 2.43. The summed E-state index contributed by atoms with van der Waals surface area (Å²) in [6, 6.07) is 0.944. The Balaban J connectivity index is 2.48. The van der Waals surface area contributed by atoms with Crippen LogP contribution in [0.25, 0.3) is 0 Å². The first-order chi connectivity index (χ1) is 7.31. The van der Waals surface area contributed by atoms with Crippen LogP contribution in [-0.4, -0.2) is 26.4 Å². The molecule has 4 heteroatoms. The molecule has 0 aromatic carbocycles. The van der Waals surface area contributed by atoms with Crippen molar-refractivity contribution in [3.63, 3.8) is 0 Å². The lowest BCUT2D eigenvalue weighted by molar-refractivity contribution is -0.139. The molecule has 1 aliphatic rings. The molecule has 0 unspecified atom stereocenters. The van der Waals surface area contributed by atoms with E-state index in [-0.39, 0.29) is 5.78 Å². The minimum Gasteiger partial charge on any atom is -0.462 e. The lowest BCUT2D eigenvalue weighted by Crippen LogP contribution is -2.23. The van der Waals surface area contributed by atoms with Gasteiger partial charge in [-0.05, 0) is 19.4 Å². The van der Waals surface area contributed by atoms with E-state index in [9.17, 15) is 9.59 Å². The van der Waals surface area contributed by atoms with Crippen LogP contribution < -0.4 is 0 Å². The van der Waals surface area contributed by atoms with Gasteiger partial charge in [-0.1, -0.05) is 25.2 Å². The highest BCUT2D eigenvalue weighted by molar-refractivity contribution is 6.76. The van der Waals surface area contributed by atoms with Gasteiger partial charge in [0, 0.05) is 14.5 Å². The zero-order chi connectivity index (χ0) is 12.3. The van der Waals surface area contributed by atoms with E-state index in [0.717, 1.165) is 11.6 Å². The molecule has 0 N–H and O–H groups in total. The maximum absolute atomic E-state index is 11.7. The van der Waals surface area contributed by atoms with Crippen LogP contribution in [0.2, 0.25) is 25.7 Å². The molecule has 0 aliphatic heterocycles. The fourth-order valence-electron chi connectivity index (χ4n) is 1.60. The lowest BCUT2D eigenvalue weighted by atomic mass is 10.2. The Hall–Kier alpha value is -0.903. The molecule has 0 radical (unpaired) electrons. The fourth-order valence-corrected chi connectivity index (χ4v) is 2.31. The number of esters is 1. The summed E-state index contributed by atoms with van der Waals surface area (Å²) in [7, 11) is -1.18. The number of Topliss-reactive ketones (excluding diaryl/α,β-unsaturated/α-hetero) is 1. The minimum absolute atomic E-state index is 0.0597. The first-order valence-electron chi connectivity index (χ1n) is 5.71. The van der Waals surface area contributed by atoms with Crippen LogP contribution in [0, 0.1) is 0 Å². The number of rotatable bonds is 4. The largest absolute Gasteiger partial charge is 0.462 e. The molecule has 0 amide bonds. The van der Waals surface area contributed by atoms with Crippen LogP contribution in [-0.2, 0) is 14.3 Å². The molecule has 0 bridgehead atoms. The van der Waals surface area contributed by atoms with Crippen molar-refractivity contribution in [2.24, 2.45) is 0 Å². The molecule has 1 aliphatic carbocycles. The van der Waals surface area contributed by atoms with E-state index in [1.165, 1.54) is 0 Å². The number of hydrogen-bond donors (Lipinski definition) is 0. The van der Waals surface area contributed by atoms with Gasteiger partial charge in [-0.25, -0.2) is 4.79 Å². The molecule has 0 aromatic rings. The number of carbonyl (C=O) groups excluding carboxylic acids is 2. The maximum atomic E-state index is 11.7. The number of hydrogen-bond acceptors (Lipinski definition) is 3. The summed E-state index contributed by atoms with van der Waals surface area (Å²) in [5.41, 5.74) is 1.18. The molecule has 3 nitrogen and oxygen atoms in total. The van der Waals surface area contributed by atoms with E-state index in [1.54, 1.807) is 0 Å². The van der Waals surface area contributed by atoms with E-state index in [1.807, 2.05) is 6.92 Å². The molecule has 0 saturated heterocycles. The summed E-state index contributed by atoms with van der Waals surface area (Å²) in [6.45, 7) is 8.96. The van der Waals surface area contributed by atoms with Crippen molar-refractivity contribution in [1.82, 2.24) is 0 Å². The van der Waals surface area contributed by atoms with Gasteiger partial charge in [0.25, 0.3) is 0 Å². The van der Waals surface area contributed by atoms with Crippen LogP contribution in [0.1, 0.15) is 19.8 Å². The standard InChI is InChI=1S/C12H20O3Si/c1-9-5-6-10(13)11(9)12(14)15-7-8-16(2,3)4/h5-8H2,1-4H3. The van der Waals surface area contributed by atoms with Gasteiger partial charge in [0.2, 0.25) is 0 Å². The van der Waals surface area contributed by atoms with Crippen LogP contribution in [0.4, 0.5) is 0 Å². The molecule has 1 rings (SSSR count). The Morgan fingerprint density at radius 3 is 2.38 bits per heavy atom. The van der Waals surface area contributed by atoms with Gasteiger partial charge < -0.3 is 4.74 Å². The lowest BCUT2D eigenvalue weighted by Gasteiger charge is -2.15. The van der Waals surface area contributed by atoms with E-state index < -0.39 is 14.0 Å². The predicted molar refractivity (Wildman–Crippen MR) is 66.1 cm³/mol. The molecule has 0 aromatic heterocycles. The Bertz CT molecular complexity index is 337. The summed E-state index contributed by atoms with van der Waals surface area (Å²) in [5, 5.41) is 0. The topological polar surface area (TPSA) is 43.4 Å². The van der Waals surface area contributed by atoms with Gasteiger partial charge in [0.15, 0.2) is 5.78 Å². The Morgan fingerprint density at radius 2 is 1.94 bits per heavy atom. The van der Waals surface area contributed by atoms with Gasteiger partial charge in [0.05, 0.1) is 6.61 Å². The van der Waals surface area contributed by atoms with E-state index in [2.05, 4.69) is 19.6 Å².